The van der Waals surface area contributed by atoms with Gasteiger partial charge in [-0.3, -0.25) is 14.9 Å². The van der Waals surface area contributed by atoms with Crippen LogP contribution in [0.3, 0.4) is 0 Å². The van der Waals surface area contributed by atoms with Gasteiger partial charge in [0.25, 0.3) is 11.6 Å². The van der Waals surface area contributed by atoms with E-state index >= 15 is 0 Å². The fraction of sp³-hybridized carbons (Fsp3) is 0.385. The van der Waals surface area contributed by atoms with Crippen molar-refractivity contribution in [1.82, 2.24) is 5.32 Å². The van der Waals surface area contributed by atoms with E-state index in [9.17, 15) is 14.9 Å². The Hall–Kier alpha value is -2.42. The van der Waals surface area contributed by atoms with Gasteiger partial charge in [-0.1, -0.05) is 18.6 Å². The summed E-state index contributed by atoms with van der Waals surface area (Å²) in [6, 6.07) is 7.91. The molecule has 0 saturated carbocycles. The summed E-state index contributed by atoms with van der Waals surface area (Å²) in [6.07, 6.45) is 2.93. The molecule has 0 fully saturated rings. The van der Waals surface area contributed by atoms with Crippen molar-refractivity contribution in [3.63, 3.8) is 0 Å². The Labute approximate surface area is 111 Å². The van der Waals surface area contributed by atoms with Gasteiger partial charge in [0.1, 0.15) is 5.56 Å². The zero-order chi connectivity index (χ0) is 14.1. The lowest BCUT2D eigenvalue weighted by Gasteiger charge is -2.05. The molecule has 0 aliphatic rings. The second-order valence-electron chi connectivity index (χ2n) is 4.00. The molecule has 0 unspecified atom stereocenters. The molecule has 6 heteroatoms. The topological polar surface area (TPSA) is 96.0 Å². The van der Waals surface area contributed by atoms with Gasteiger partial charge in [0, 0.05) is 19.0 Å². The van der Waals surface area contributed by atoms with Gasteiger partial charge >= 0.3 is 0 Å². The number of para-hydroxylation sites is 1. The molecular weight excluding hydrogens is 246 g/mol. The van der Waals surface area contributed by atoms with Crippen LogP contribution in [-0.2, 0) is 0 Å². The van der Waals surface area contributed by atoms with Crippen molar-refractivity contribution in [1.29, 1.82) is 5.26 Å². The minimum Gasteiger partial charge on any atom is -0.352 e. The average Bonchev–Trinajstić information content (AvgIpc) is 2.42. The Morgan fingerprint density at radius 1 is 1.32 bits per heavy atom. The second-order valence-corrected chi connectivity index (χ2v) is 4.00. The molecule has 1 N–H and O–H groups in total. The molecule has 19 heavy (non-hydrogen) atoms. The summed E-state index contributed by atoms with van der Waals surface area (Å²) in [5.41, 5.74) is -0.117. The lowest BCUT2D eigenvalue weighted by molar-refractivity contribution is -0.385. The Bertz CT molecular complexity index is 494. The number of nitrogens with zero attached hydrogens (tertiary/aromatic N) is 2. The summed E-state index contributed by atoms with van der Waals surface area (Å²) in [6.45, 7) is 0.455. The molecular formula is C13H15N3O3. The molecule has 0 aromatic heterocycles. The summed E-state index contributed by atoms with van der Waals surface area (Å²) in [5.74, 6) is -0.437. The van der Waals surface area contributed by atoms with Crippen LogP contribution in [0, 0.1) is 21.4 Å². The Balaban J connectivity index is 2.46. The van der Waals surface area contributed by atoms with E-state index < -0.39 is 10.8 Å². The van der Waals surface area contributed by atoms with E-state index in [0.29, 0.717) is 13.0 Å². The molecule has 0 radical (unpaired) electrons. The lowest BCUT2D eigenvalue weighted by atomic mass is 10.1. The number of rotatable bonds is 7. The van der Waals surface area contributed by atoms with E-state index in [1.807, 2.05) is 0 Å². The van der Waals surface area contributed by atoms with Crippen molar-refractivity contribution < 1.29 is 9.72 Å². The maximum Gasteiger partial charge on any atom is 0.282 e. The molecule has 0 aliphatic carbocycles. The number of nitro groups is 1. The quantitative estimate of drug-likeness (QED) is 0.463. The number of hydrogen-bond acceptors (Lipinski definition) is 4. The molecule has 1 amide bonds. The van der Waals surface area contributed by atoms with E-state index in [-0.39, 0.29) is 11.3 Å². The largest absolute Gasteiger partial charge is 0.352 e. The zero-order valence-electron chi connectivity index (χ0n) is 10.5. The number of benzene rings is 1. The SMILES string of the molecule is N#CCCCCCNC(=O)c1ccccc1[N+](=O)[O-]. The van der Waals surface area contributed by atoms with Crippen LogP contribution in [-0.4, -0.2) is 17.4 Å². The van der Waals surface area contributed by atoms with Crippen LogP contribution < -0.4 is 5.32 Å². The Morgan fingerprint density at radius 2 is 2.05 bits per heavy atom. The maximum absolute atomic E-state index is 11.8. The van der Waals surface area contributed by atoms with E-state index in [1.165, 1.54) is 18.2 Å². The number of unbranched alkanes of at least 4 members (excludes halogenated alkanes) is 3. The highest BCUT2D eigenvalue weighted by Gasteiger charge is 2.18. The number of carbonyl (C=O) groups is 1. The van der Waals surface area contributed by atoms with Crippen molar-refractivity contribution in [2.75, 3.05) is 6.54 Å². The van der Waals surface area contributed by atoms with Crippen molar-refractivity contribution >= 4 is 11.6 Å². The smallest absolute Gasteiger partial charge is 0.282 e. The highest BCUT2D eigenvalue weighted by atomic mass is 16.6. The van der Waals surface area contributed by atoms with Crippen LogP contribution >= 0.6 is 0 Å². The first-order chi connectivity index (χ1) is 9.16. The summed E-state index contributed by atoms with van der Waals surface area (Å²) < 4.78 is 0. The summed E-state index contributed by atoms with van der Waals surface area (Å²) in [4.78, 5) is 22.0. The molecule has 0 aliphatic heterocycles. The number of nitro benzene ring substituents is 1. The number of nitrogens with one attached hydrogen (secondary N) is 1. The van der Waals surface area contributed by atoms with Crippen LogP contribution in [0.4, 0.5) is 5.69 Å². The Kier molecular flexibility index (Phi) is 6.03. The number of nitriles is 1. The number of hydrogen-bond donors (Lipinski definition) is 1. The van der Waals surface area contributed by atoms with Gasteiger partial charge in [-0.2, -0.15) is 5.26 Å². The molecule has 0 heterocycles. The van der Waals surface area contributed by atoms with Gasteiger partial charge in [-0.25, -0.2) is 0 Å². The van der Waals surface area contributed by atoms with Crippen molar-refractivity contribution in [2.24, 2.45) is 0 Å². The monoisotopic (exact) mass is 261 g/mol. The van der Waals surface area contributed by atoms with Gasteiger partial charge in [0.2, 0.25) is 0 Å². The van der Waals surface area contributed by atoms with E-state index in [0.717, 1.165) is 19.3 Å². The van der Waals surface area contributed by atoms with Crippen LogP contribution in [0.1, 0.15) is 36.0 Å². The maximum atomic E-state index is 11.8. The van der Waals surface area contributed by atoms with E-state index in [2.05, 4.69) is 11.4 Å². The van der Waals surface area contributed by atoms with Crippen molar-refractivity contribution in [3.05, 3.63) is 39.9 Å². The van der Waals surface area contributed by atoms with Gasteiger partial charge in [0.05, 0.1) is 11.0 Å². The zero-order valence-corrected chi connectivity index (χ0v) is 10.5. The van der Waals surface area contributed by atoms with Crippen molar-refractivity contribution in [3.8, 4) is 6.07 Å². The molecule has 1 aromatic carbocycles. The van der Waals surface area contributed by atoms with Crippen LogP contribution in [0.15, 0.2) is 24.3 Å². The predicted octanol–water partition coefficient (Wildman–Crippen LogP) is 2.41. The number of carbonyl (C=O) groups excluding carboxylic acids is 1. The van der Waals surface area contributed by atoms with E-state index in [4.69, 9.17) is 5.26 Å². The van der Waals surface area contributed by atoms with Crippen LogP contribution in [0.5, 0.6) is 0 Å². The molecule has 1 aromatic rings. The normalized spacial score (nSPS) is 9.63. The first-order valence-corrected chi connectivity index (χ1v) is 6.05. The van der Waals surface area contributed by atoms with Crippen LogP contribution in [0.2, 0.25) is 0 Å². The summed E-state index contributed by atoms with van der Waals surface area (Å²) >= 11 is 0. The highest BCUT2D eigenvalue weighted by molar-refractivity contribution is 5.98. The minimum absolute atomic E-state index is 0.0736. The Morgan fingerprint density at radius 3 is 2.74 bits per heavy atom. The third-order valence-corrected chi connectivity index (χ3v) is 2.60. The van der Waals surface area contributed by atoms with Gasteiger partial charge in [-0.15, -0.1) is 0 Å². The molecule has 100 valence electrons. The van der Waals surface area contributed by atoms with Crippen LogP contribution in [0.25, 0.3) is 0 Å². The van der Waals surface area contributed by atoms with E-state index in [1.54, 1.807) is 6.07 Å². The third-order valence-electron chi connectivity index (χ3n) is 2.60. The number of amides is 1. The second kappa shape index (κ2) is 7.82. The molecule has 6 nitrogen and oxygen atoms in total. The fourth-order valence-electron chi connectivity index (χ4n) is 1.63. The minimum atomic E-state index is -0.568. The first kappa shape index (κ1) is 14.6. The average molecular weight is 261 g/mol. The first-order valence-electron chi connectivity index (χ1n) is 6.05. The van der Waals surface area contributed by atoms with Gasteiger partial charge in [0.15, 0.2) is 0 Å². The van der Waals surface area contributed by atoms with Crippen molar-refractivity contribution in [2.45, 2.75) is 25.7 Å². The molecule has 0 atom stereocenters. The molecule has 0 bridgehead atoms. The third kappa shape index (κ3) is 4.76. The fourth-order valence-corrected chi connectivity index (χ4v) is 1.63. The molecule has 1 rings (SSSR count). The lowest BCUT2D eigenvalue weighted by Crippen LogP contribution is -2.25. The molecule has 0 spiro atoms. The molecule has 0 saturated heterocycles. The van der Waals surface area contributed by atoms with Gasteiger partial charge < -0.3 is 5.32 Å². The standard InChI is InChI=1S/C13H15N3O3/c14-9-5-1-2-6-10-15-13(17)11-7-3-4-8-12(11)16(18)19/h3-4,7-8H,1-2,5-6,10H2,(H,15,17). The highest BCUT2D eigenvalue weighted by Crippen LogP contribution is 2.17. The van der Waals surface area contributed by atoms with Gasteiger partial charge in [-0.05, 0) is 18.9 Å². The predicted molar refractivity (Wildman–Crippen MR) is 69.5 cm³/mol. The summed E-state index contributed by atoms with van der Waals surface area (Å²) in [7, 11) is 0. The summed E-state index contributed by atoms with van der Waals surface area (Å²) in [5, 5.41) is 21.8.